The van der Waals surface area contributed by atoms with E-state index in [1.807, 2.05) is 35.2 Å². The van der Waals surface area contributed by atoms with E-state index in [0.29, 0.717) is 11.7 Å². The zero-order valence-corrected chi connectivity index (χ0v) is 15.1. The van der Waals surface area contributed by atoms with Crippen LogP contribution in [-0.2, 0) is 0 Å². The van der Waals surface area contributed by atoms with E-state index in [-0.39, 0.29) is 5.91 Å². The number of nitrogens with zero attached hydrogens (tertiary/aromatic N) is 3. The maximum absolute atomic E-state index is 12.8. The Bertz CT molecular complexity index is 727. The summed E-state index contributed by atoms with van der Waals surface area (Å²) in [5.74, 6) is 0.0658. The van der Waals surface area contributed by atoms with Crippen molar-refractivity contribution in [2.24, 2.45) is 0 Å². The molecular formula is C18H21BrN4O. The van der Waals surface area contributed by atoms with E-state index in [1.54, 1.807) is 0 Å². The van der Waals surface area contributed by atoms with Gasteiger partial charge in [0.1, 0.15) is 5.69 Å². The molecule has 126 valence electrons. The summed E-state index contributed by atoms with van der Waals surface area (Å²) >= 11 is 3.43. The number of hydrogen-bond acceptors (Lipinski definition) is 3. The highest BCUT2D eigenvalue weighted by Crippen LogP contribution is 2.24. The lowest BCUT2D eigenvalue weighted by molar-refractivity contribution is 0.0368. The Morgan fingerprint density at radius 3 is 2.83 bits per heavy atom. The zero-order chi connectivity index (χ0) is 16.5. The van der Waals surface area contributed by atoms with Crippen molar-refractivity contribution in [3.05, 3.63) is 40.5 Å². The number of nitrogens with one attached hydrogen (secondary N) is 1. The highest BCUT2D eigenvalue weighted by atomic mass is 79.9. The van der Waals surface area contributed by atoms with Gasteiger partial charge in [-0.25, -0.2) is 0 Å². The Balaban J connectivity index is 1.48. The van der Waals surface area contributed by atoms with Crippen molar-refractivity contribution in [1.82, 2.24) is 20.0 Å². The van der Waals surface area contributed by atoms with Crippen LogP contribution in [0.2, 0.25) is 0 Å². The van der Waals surface area contributed by atoms with Gasteiger partial charge in [0.15, 0.2) is 0 Å². The number of aromatic nitrogens is 2. The first kappa shape index (κ1) is 15.8. The number of fused-ring (bicyclic) bond motifs is 1. The first-order valence-electron chi connectivity index (χ1n) is 8.55. The van der Waals surface area contributed by atoms with Crippen molar-refractivity contribution in [2.45, 2.75) is 25.3 Å². The van der Waals surface area contributed by atoms with Crippen LogP contribution in [0.25, 0.3) is 11.3 Å². The summed E-state index contributed by atoms with van der Waals surface area (Å²) in [4.78, 5) is 17.3. The number of aromatic amines is 1. The number of rotatable bonds is 2. The Morgan fingerprint density at radius 2 is 2.00 bits per heavy atom. The third kappa shape index (κ3) is 3.13. The molecule has 0 bridgehead atoms. The molecule has 2 aromatic rings. The van der Waals surface area contributed by atoms with Gasteiger partial charge in [-0.05, 0) is 37.6 Å². The summed E-state index contributed by atoms with van der Waals surface area (Å²) in [6.07, 6.45) is 3.78. The molecule has 2 fully saturated rings. The van der Waals surface area contributed by atoms with E-state index < -0.39 is 0 Å². The smallest absolute Gasteiger partial charge is 0.271 e. The molecule has 5 nitrogen and oxygen atoms in total. The molecule has 0 aliphatic carbocycles. The summed E-state index contributed by atoms with van der Waals surface area (Å²) in [7, 11) is 0. The third-order valence-corrected chi connectivity index (χ3v) is 5.60. The number of carbonyl (C=O) groups is 1. The van der Waals surface area contributed by atoms with Gasteiger partial charge in [-0.3, -0.25) is 14.8 Å². The van der Waals surface area contributed by atoms with Crippen LogP contribution in [-0.4, -0.2) is 58.1 Å². The Hall–Kier alpha value is -1.66. The van der Waals surface area contributed by atoms with E-state index >= 15 is 0 Å². The average Bonchev–Trinajstić information content (AvgIpc) is 3.11. The van der Waals surface area contributed by atoms with Crippen molar-refractivity contribution < 1.29 is 4.79 Å². The van der Waals surface area contributed by atoms with Crippen LogP contribution in [0.1, 0.15) is 29.8 Å². The Kier molecular flexibility index (Phi) is 4.41. The second-order valence-electron chi connectivity index (χ2n) is 6.61. The molecule has 4 rings (SSSR count). The summed E-state index contributed by atoms with van der Waals surface area (Å²) in [5, 5.41) is 7.24. The standard InChI is InChI=1S/C18H21BrN4O/c19-14-6-4-13(5-7-14)16-11-17(21-20-16)18(24)23-10-9-22-8-2-1-3-15(22)12-23/h4-7,11,15H,1-3,8-10,12H2,(H,20,21). The molecular weight excluding hydrogens is 368 g/mol. The second-order valence-corrected chi connectivity index (χ2v) is 7.53. The first-order chi connectivity index (χ1) is 11.7. The van der Waals surface area contributed by atoms with E-state index in [0.717, 1.165) is 35.4 Å². The van der Waals surface area contributed by atoms with Gasteiger partial charge in [-0.15, -0.1) is 0 Å². The molecule has 0 saturated carbocycles. The lowest BCUT2D eigenvalue weighted by Crippen LogP contribution is -2.56. The molecule has 1 atom stereocenters. The van der Waals surface area contributed by atoms with E-state index in [9.17, 15) is 4.79 Å². The topological polar surface area (TPSA) is 52.2 Å². The number of carbonyl (C=O) groups excluding carboxylic acids is 1. The molecule has 1 aromatic heterocycles. The molecule has 1 amide bonds. The maximum Gasteiger partial charge on any atom is 0.271 e. The number of hydrogen-bond donors (Lipinski definition) is 1. The normalized spacial score (nSPS) is 21.5. The van der Waals surface area contributed by atoms with Gasteiger partial charge in [0.2, 0.25) is 0 Å². The van der Waals surface area contributed by atoms with Gasteiger partial charge in [0.25, 0.3) is 5.91 Å². The molecule has 3 heterocycles. The van der Waals surface area contributed by atoms with Crippen molar-refractivity contribution in [2.75, 3.05) is 26.2 Å². The quantitative estimate of drug-likeness (QED) is 0.859. The number of H-pyrrole nitrogens is 1. The minimum absolute atomic E-state index is 0.0658. The zero-order valence-electron chi connectivity index (χ0n) is 13.5. The minimum atomic E-state index is 0.0658. The fraction of sp³-hybridized carbons (Fsp3) is 0.444. The molecule has 1 aromatic carbocycles. The number of benzene rings is 1. The number of amides is 1. The largest absolute Gasteiger partial charge is 0.334 e. The fourth-order valence-corrected chi connectivity index (χ4v) is 3.97. The van der Waals surface area contributed by atoms with Crippen molar-refractivity contribution in [3.63, 3.8) is 0 Å². The predicted octanol–water partition coefficient (Wildman–Crippen LogP) is 3.15. The second kappa shape index (κ2) is 6.69. The first-order valence-corrected chi connectivity index (χ1v) is 9.35. The van der Waals surface area contributed by atoms with E-state index in [2.05, 4.69) is 31.0 Å². The van der Waals surface area contributed by atoms with Crippen LogP contribution >= 0.6 is 15.9 Å². The van der Waals surface area contributed by atoms with Crippen molar-refractivity contribution >= 4 is 21.8 Å². The molecule has 2 saturated heterocycles. The van der Waals surface area contributed by atoms with E-state index in [1.165, 1.54) is 25.8 Å². The third-order valence-electron chi connectivity index (χ3n) is 5.07. The monoisotopic (exact) mass is 388 g/mol. The van der Waals surface area contributed by atoms with Gasteiger partial charge in [0.05, 0.1) is 5.69 Å². The summed E-state index contributed by atoms with van der Waals surface area (Å²) in [6.45, 7) is 3.82. The summed E-state index contributed by atoms with van der Waals surface area (Å²) in [6, 6.07) is 10.3. The predicted molar refractivity (Wildman–Crippen MR) is 96.8 cm³/mol. The van der Waals surface area contributed by atoms with E-state index in [4.69, 9.17) is 0 Å². The number of halogens is 1. The van der Waals surface area contributed by atoms with Gasteiger partial charge < -0.3 is 4.90 Å². The van der Waals surface area contributed by atoms with Crippen LogP contribution < -0.4 is 0 Å². The highest BCUT2D eigenvalue weighted by Gasteiger charge is 2.31. The Morgan fingerprint density at radius 1 is 1.17 bits per heavy atom. The SMILES string of the molecule is O=C(c1cc(-c2ccc(Br)cc2)n[nH]1)N1CCN2CCCCC2C1. The van der Waals surface area contributed by atoms with Gasteiger partial charge in [-0.1, -0.05) is 34.5 Å². The summed E-state index contributed by atoms with van der Waals surface area (Å²) < 4.78 is 1.03. The molecule has 6 heteroatoms. The summed E-state index contributed by atoms with van der Waals surface area (Å²) in [5.41, 5.74) is 2.39. The van der Waals surface area contributed by atoms with Crippen LogP contribution in [0, 0.1) is 0 Å². The molecule has 1 N–H and O–H groups in total. The number of piperazine rings is 1. The molecule has 2 aliphatic heterocycles. The Labute approximate surface area is 150 Å². The number of piperidine rings is 1. The van der Waals surface area contributed by atoms with Crippen LogP contribution in [0.5, 0.6) is 0 Å². The molecule has 24 heavy (non-hydrogen) atoms. The minimum Gasteiger partial charge on any atom is -0.334 e. The molecule has 0 spiro atoms. The van der Waals surface area contributed by atoms with Crippen LogP contribution in [0.3, 0.4) is 0 Å². The molecule has 2 aliphatic rings. The van der Waals surface area contributed by atoms with Gasteiger partial charge >= 0.3 is 0 Å². The maximum atomic E-state index is 12.8. The highest BCUT2D eigenvalue weighted by molar-refractivity contribution is 9.10. The van der Waals surface area contributed by atoms with Gasteiger partial charge in [0, 0.05) is 35.7 Å². The lowest BCUT2D eigenvalue weighted by Gasteiger charge is -2.43. The van der Waals surface area contributed by atoms with Gasteiger partial charge in [-0.2, -0.15) is 5.10 Å². The molecule has 0 radical (unpaired) electrons. The van der Waals surface area contributed by atoms with Crippen molar-refractivity contribution in [1.29, 1.82) is 0 Å². The van der Waals surface area contributed by atoms with Crippen LogP contribution in [0.15, 0.2) is 34.8 Å². The lowest BCUT2D eigenvalue weighted by atomic mass is 9.99. The molecule has 1 unspecified atom stereocenters. The van der Waals surface area contributed by atoms with Crippen LogP contribution in [0.4, 0.5) is 0 Å². The average molecular weight is 389 g/mol. The fourth-order valence-electron chi connectivity index (χ4n) is 3.71. The van der Waals surface area contributed by atoms with Crippen molar-refractivity contribution in [3.8, 4) is 11.3 Å².